The number of rotatable bonds is 3. The summed E-state index contributed by atoms with van der Waals surface area (Å²) in [5, 5.41) is 0. The van der Waals surface area contributed by atoms with Crippen molar-refractivity contribution in [2.45, 2.75) is 39.2 Å². The largest absolute Gasteiger partial charge is 0.491 e. The van der Waals surface area contributed by atoms with E-state index < -0.39 is 0 Å². The average molecular weight is 210 g/mol. The van der Waals surface area contributed by atoms with Crippen molar-refractivity contribution in [3.05, 3.63) is 24.0 Å². The molecule has 0 saturated heterocycles. The lowest BCUT2D eigenvalue weighted by Gasteiger charge is -2.29. The molecule has 1 aliphatic rings. The fourth-order valence-electron chi connectivity index (χ4n) is 1.36. The van der Waals surface area contributed by atoms with Gasteiger partial charge in [0.25, 0.3) is 0 Å². The molecule has 0 aliphatic carbocycles. The minimum absolute atomic E-state index is 0.311. The number of esters is 1. The second-order valence-corrected chi connectivity index (χ2v) is 3.98. The highest BCUT2D eigenvalue weighted by Crippen LogP contribution is 2.27. The molecule has 0 bridgehead atoms. The Morgan fingerprint density at radius 2 is 2.47 bits per heavy atom. The molecule has 1 aliphatic heterocycles. The first-order chi connectivity index (χ1) is 7.06. The molecule has 0 spiro atoms. The molecule has 0 aromatic rings. The maximum absolute atomic E-state index is 11.1. The fraction of sp³-hybridized carbons (Fsp3) is 0.583. The SMILES string of the molecule is CCOC(=O)/C=C\C1(C)CCC(C)=CO1. The van der Waals surface area contributed by atoms with Crippen LogP contribution in [-0.4, -0.2) is 18.2 Å². The summed E-state index contributed by atoms with van der Waals surface area (Å²) >= 11 is 0. The molecule has 0 aromatic heterocycles. The van der Waals surface area contributed by atoms with Gasteiger partial charge in [0.05, 0.1) is 12.9 Å². The van der Waals surface area contributed by atoms with Crippen LogP contribution in [0.4, 0.5) is 0 Å². The van der Waals surface area contributed by atoms with Crippen LogP contribution in [0.2, 0.25) is 0 Å². The average Bonchev–Trinajstić information content (AvgIpc) is 2.21. The van der Waals surface area contributed by atoms with Crippen molar-refractivity contribution in [2.24, 2.45) is 0 Å². The zero-order valence-corrected chi connectivity index (χ0v) is 9.58. The van der Waals surface area contributed by atoms with Crippen molar-refractivity contribution in [2.75, 3.05) is 6.61 Å². The van der Waals surface area contributed by atoms with E-state index in [0.29, 0.717) is 6.61 Å². The van der Waals surface area contributed by atoms with Gasteiger partial charge in [-0.3, -0.25) is 0 Å². The Hall–Kier alpha value is -1.25. The summed E-state index contributed by atoms with van der Waals surface area (Å²) in [5.41, 5.74) is 0.865. The smallest absolute Gasteiger partial charge is 0.330 e. The van der Waals surface area contributed by atoms with Gasteiger partial charge in [-0.05, 0) is 45.3 Å². The van der Waals surface area contributed by atoms with Gasteiger partial charge in [-0.1, -0.05) is 0 Å². The Morgan fingerprint density at radius 1 is 1.73 bits per heavy atom. The maximum Gasteiger partial charge on any atom is 0.330 e. The van der Waals surface area contributed by atoms with E-state index in [-0.39, 0.29) is 11.6 Å². The Balaban J connectivity index is 2.54. The van der Waals surface area contributed by atoms with E-state index in [1.807, 2.05) is 13.8 Å². The van der Waals surface area contributed by atoms with Crippen molar-refractivity contribution < 1.29 is 14.3 Å². The lowest BCUT2D eigenvalue weighted by Crippen LogP contribution is -2.27. The van der Waals surface area contributed by atoms with Gasteiger partial charge in [-0.15, -0.1) is 0 Å². The van der Waals surface area contributed by atoms with Crippen molar-refractivity contribution in [1.82, 2.24) is 0 Å². The summed E-state index contributed by atoms with van der Waals surface area (Å²) in [4.78, 5) is 11.1. The van der Waals surface area contributed by atoms with E-state index in [0.717, 1.165) is 12.8 Å². The first-order valence-electron chi connectivity index (χ1n) is 5.25. The molecule has 0 aromatic carbocycles. The molecule has 0 amide bonds. The number of carbonyl (C=O) groups excluding carboxylic acids is 1. The van der Waals surface area contributed by atoms with E-state index in [1.165, 1.54) is 11.6 Å². The third-order valence-corrected chi connectivity index (χ3v) is 2.40. The summed E-state index contributed by atoms with van der Waals surface area (Å²) < 4.78 is 10.4. The van der Waals surface area contributed by atoms with Gasteiger partial charge in [0.2, 0.25) is 0 Å². The molecule has 1 unspecified atom stereocenters. The van der Waals surface area contributed by atoms with Crippen LogP contribution in [0.5, 0.6) is 0 Å². The Kier molecular flexibility index (Phi) is 3.95. The number of ether oxygens (including phenoxy) is 2. The summed E-state index contributed by atoms with van der Waals surface area (Å²) in [6.45, 7) is 6.19. The van der Waals surface area contributed by atoms with Gasteiger partial charge in [0, 0.05) is 6.08 Å². The lowest BCUT2D eigenvalue weighted by molar-refractivity contribution is -0.137. The highest BCUT2D eigenvalue weighted by atomic mass is 16.5. The molecule has 3 heteroatoms. The van der Waals surface area contributed by atoms with E-state index >= 15 is 0 Å². The highest BCUT2D eigenvalue weighted by Gasteiger charge is 2.24. The van der Waals surface area contributed by atoms with Crippen molar-refractivity contribution in [3.63, 3.8) is 0 Å². The van der Waals surface area contributed by atoms with E-state index in [4.69, 9.17) is 9.47 Å². The van der Waals surface area contributed by atoms with Crippen LogP contribution in [0.1, 0.15) is 33.6 Å². The van der Waals surface area contributed by atoms with Crippen LogP contribution >= 0.6 is 0 Å². The van der Waals surface area contributed by atoms with Gasteiger partial charge >= 0.3 is 5.97 Å². The summed E-state index contributed by atoms with van der Waals surface area (Å²) in [6.07, 6.45) is 6.87. The number of carbonyl (C=O) groups is 1. The normalized spacial score (nSPS) is 25.9. The van der Waals surface area contributed by atoms with Gasteiger partial charge in [-0.25, -0.2) is 4.79 Å². The quantitative estimate of drug-likeness (QED) is 0.530. The van der Waals surface area contributed by atoms with Crippen molar-refractivity contribution >= 4 is 5.97 Å². The molecule has 1 heterocycles. The van der Waals surface area contributed by atoms with Gasteiger partial charge in [0.15, 0.2) is 0 Å². The van der Waals surface area contributed by atoms with Crippen LogP contribution in [0.3, 0.4) is 0 Å². The first kappa shape index (κ1) is 11.8. The molecule has 0 fully saturated rings. The van der Waals surface area contributed by atoms with E-state index in [2.05, 4.69) is 0 Å². The highest BCUT2D eigenvalue weighted by molar-refractivity contribution is 5.82. The summed E-state index contributed by atoms with van der Waals surface area (Å²) in [7, 11) is 0. The van der Waals surface area contributed by atoms with Crippen LogP contribution in [0, 0.1) is 0 Å². The lowest BCUT2D eigenvalue weighted by atomic mass is 9.95. The second kappa shape index (κ2) is 5.01. The number of hydrogen-bond acceptors (Lipinski definition) is 3. The zero-order chi connectivity index (χ0) is 11.3. The molecule has 0 saturated carbocycles. The number of allylic oxidation sites excluding steroid dienone is 1. The predicted octanol–water partition coefficient (Wildman–Crippen LogP) is 2.58. The van der Waals surface area contributed by atoms with E-state index in [1.54, 1.807) is 19.3 Å². The van der Waals surface area contributed by atoms with Crippen LogP contribution in [0.25, 0.3) is 0 Å². The molecule has 3 nitrogen and oxygen atoms in total. The van der Waals surface area contributed by atoms with Crippen LogP contribution in [-0.2, 0) is 14.3 Å². The van der Waals surface area contributed by atoms with E-state index in [9.17, 15) is 4.79 Å². The van der Waals surface area contributed by atoms with Crippen molar-refractivity contribution in [1.29, 1.82) is 0 Å². The number of hydrogen-bond donors (Lipinski definition) is 0. The molecule has 1 rings (SSSR count). The molecule has 0 N–H and O–H groups in total. The summed E-state index contributed by atoms with van der Waals surface area (Å²) in [5.74, 6) is -0.311. The molecule has 84 valence electrons. The Bertz CT molecular complexity index is 291. The monoisotopic (exact) mass is 210 g/mol. The van der Waals surface area contributed by atoms with Crippen molar-refractivity contribution in [3.8, 4) is 0 Å². The molecule has 15 heavy (non-hydrogen) atoms. The zero-order valence-electron chi connectivity index (χ0n) is 9.58. The topological polar surface area (TPSA) is 35.5 Å². The van der Waals surface area contributed by atoms with Crippen LogP contribution in [0.15, 0.2) is 24.0 Å². The van der Waals surface area contributed by atoms with Gasteiger partial charge in [-0.2, -0.15) is 0 Å². The Morgan fingerprint density at radius 3 is 3.00 bits per heavy atom. The van der Waals surface area contributed by atoms with Gasteiger partial charge < -0.3 is 9.47 Å². The molecule has 0 radical (unpaired) electrons. The third-order valence-electron chi connectivity index (χ3n) is 2.40. The van der Waals surface area contributed by atoms with Crippen LogP contribution < -0.4 is 0 Å². The Labute approximate surface area is 90.8 Å². The molecular formula is C12H18O3. The molecular weight excluding hydrogens is 192 g/mol. The minimum Gasteiger partial charge on any atom is -0.491 e. The first-order valence-corrected chi connectivity index (χ1v) is 5.25. The minimum atomic E-state index is -0.369. The second-order valence-electron chi connectivity index (χ2n) is 3.98. The fourth-order valence-corrected chi connectivity index (χ4v) is 1.36. The maximum atomic E-state index is 11.1. The van der Waals surface area contributed by atoms with Gasteiger partial charge in [0.1, 0.15) is 5.60 Å². The predicted molar refractivity (Wildman–Crippen MR) is 58.3 cm³/mol. The molecule has 1 atom stereocenters. The third kappa shape index (κ3) is 3.78. The summed E-state index contributed by atoms with van der Waals surface area (Å²) in [6, 6.07) is 0. The standard InChI is InChI=1S/C12H18O3/c1-4-14-11(13)6-8-12(3)7-5-10(2)9-15-12/h6,8-9H,4-5,7H2,1-3H3/b8-6-.